The van der Waals surface area contributed by atoms with Crippen LogP contribution in [0.2, 0.25) is 0 Å². The molecule has 0 saturated carbocycles. The Labute approximate surface area is 118 Å². The lowest BCUT2D eigenvalue weighted by Crippen LogP contribution is -2.13. The van der Waals surface area contributed by atoms with E-state index < -0.39 is 0 Å². The second-order valence-corrected chi connectivity index (χ2v) is 4.69. The molecule has 0 unspecified atom stereocenters. The number of amides is 1. The molecule has 1 heterocycles. The van der Waals surface area contributed by atoms with E-state index in [1.165, 1.54) is 0 Å². The molecule has 0 aliphatic rings. The third-order valence-corrected chi connectivity index (χ3v) is 3.03. The van der Waals surface area contributed by atoms with Gasteiger partial charge in [-0.3, -0.25) is 10.1 Å². The number of benzene rings is 1. The minimum atomic E-state index is -0.269. The zero-order valence-electron chi connectivity index (χ0n) is 10.5. The lowest BCUT2D eigenvalue weighted by atomic mass is 10.1. The highest BCUT2D eigenvalue weighted by Crippen LogP contribution is 2.19. The van der Waals surface area contributed by atoms with E-state index in [9.17, 15) is 4.79 Å². The standard InChI is InChI=1S/C12H13BrN4O2/c1-3-19-12-15-11(16-17-12)14-10(18)8-6-7(2)4-5-9(8)13/h4-6H,3H2,1-2H3,(H2,14,15,16,17,18). The van der Waals surface area contributed by atoms with Crippen molar-refractivity contribution in [1.82, 2.24) is 15.2 Å². The van der Waals surface area contributed by atoms with Crippen molar-refractivity contribution < 1.29 is 9.53 Å². The summed E-state index contributed by atoms with van der Waals surface area (Å²) in [4.78, 5) is 16.1. The monoisotopic (exact) mass is 324 g/mol. The van der Waals surface area contributed by atoms with Gasteiger partial charge >= 0.3 is 6.01 Å². The number of aromatic amines is 1. The number of H-pyrrole nitrogens is 1. The first-order valence-electron chi connectivity index (χ1n) is 5.73. The Hall–Kier alpha value is -1.89. The van der Waals surface area contributed by atoms with Crippen LogP contribution in [0.15, 0.2) is 22.7 Å². The number of carbonyl (C=O) groups is 1. The number of hydrogen-bond donors (Lipinski definition) is 2. The van der Waals surface area contributed by atoms with E-state index in [0.717, 1.165) is 10.0 Å². The summed E-state index contributed by atoms with van der Waals surface area (Å²) in [7, 11) is 0. The second-order valence-electron chi connectivity index (χ2n) is 3.84. The van der Waals surface area contributed by atoms with Crippen molar-refractivity contribution in [1.29, 1.82) is 0 Å². The van der Waals surface area contributed by atoms with Crippen LogP contribution in [0, 0.1) is 6.92 Å². The highest BCUT2D eigenvalue weighted by Gasteiger charge is 2.13. The Bertz CT molecular complexity index is 597. The molecule has 0 fully saturated rings. The lowest BCUT2D eigenvalue weighted by molar-refractivity contribution is 0.102. The SMILES string of the molecule is CCOc1n[nH]c(NC(=O)c2cc(C)ccc2Br)n1. The van der Waals surface area contributed by atoms with Crippen LogP contribution in [0.5, 0.6) is 6.01 Å². The Balaban J connectivity index is 2.13. The van der Waals surface area contributed by atoms with Crippen molar-refractivity contribution in [3.05, 3.63) is 33.8 Å². The molecule has 6 nitrogen and oxygen atoms in total. The molecule has 19 heavy (non-hydrogen) atoms. The normalized spacial score (nSPS) is 10.3. The molecule has 1 aromatic carbocycles. The minimum Gasteiger partial charge on any atom is -0.463 e. The van der Waals surface area contributed by atoms with Gasteiger partial charge < -0.3 is 4.74 Å². The first-order chi connectivity index (χ1) is 9.10. The van der Waals surface area contributed by atoms with Crippen molar-refractivity contribution in [2.24, 2.45) is 0 Å². The van der Waals surface area contributed by atoms with E-state index in [2.05, 4.69) is 36.4 Å². The largest absolute Gasteiger partial charge is 0.463 e. The first kappa shape index (κ1) is 13.5. The summed E-state index contributed by atoms with van der Waals surface area (Å²) in [5.74, 6) is -0.0170. The highest BCUT2D eigenvalue weighted by molar-refractivity contribution is 9.10. The van der Waals surface area contributed by atoms with Gasteiger partial charge in [0.25, 0.3) is 5.91 Å². The zero-order chi connectivity index (χ0) is 13.8. The minimum absolute atomic E-state index is 0.209. The highest BCUT2D eigenvalue weighted by atomic mass is 79.9. The molecule has 0 saturated heterocycles. The maximum atomic E-state index is 12.1. The molecule has 0 aliphatic heterocycles. The van der Waals surface area contributed by atoms with Crippen LogP contribution in [0.3, 0.4) is 0 Å². The predicted octanol–water partition coefficient (Wildman–Crippen LogP) is 2.53. The maximum absolute atomic E-state index is 12.1. The second kappa shape index (κ2) is 5.83. The van der Waals surface area contributed by atoms with Crippen molar-refractivity contribution >= 4 is 27.8 Å². The van der Waals surface area contributed by atoms with Gasteiger partial charge in [0, 0.05) is 4.47 Å². The molecular weight excluding hydrogens is 312 g/mol. The van der Waals surface area contributed by atoms with E-state index in [-0.39, 0.29) is 17.9 Å². The van der Waals surface area contributed by atoms with Gasteiger partial charge in [-0.05, 0) is 41.9 Å². The fraction of sp³-hybridized carbons (Fsp3) is 0.250. The van der Waals surface area contributed by atoms with E-state index >= 15 is 0 Å². The van der Waals surface area contributed by atoms with Gasteiger partial charge in [-0.15, -0.1) is 5.10 Å². The van der Waals surface area contributed by atoms with Crippen LogP contribution in [0.25, 0.3) is 0 Å². The summed E-state index contributed by atoms with van der Waals surface area (Å²) in [6, 6.07) is 5.75. The third kappa shape index (κ3) is 3.31. The smallest absolute Gasteiger partial charge is 0.337 e. The first-order valence-corrected chi connectivity index (χ1v) is 6.52. The van der Waals surface area contributed by atoms with Crippen LogP contribution < -0.4 is 10.1 Å². The molecule has 2 aromatic rings. The summed E-state index contributed by atoms with van der Waals surface area (Å²) >= 11 is 3.34. The van der Waals surface area contributed by atoms with Crippen LogP contribution in [-0.2, 0) is 0 Å². The van der Waals surface area contributed by atoms with Gasteiger partial charge in [-0.2, -0.15) is 4.98 Å². The van der Waals surface area contributed by atoms with E-state index in [1.807, 2.05) is 26.0 Å². The molecular formula is C12H13BrN4O2. The molecule has 1 aromatic heterocycles. The fourth-order valence-corrected chi connectivity index (χ4v) is 1.91. The predicted molar refractivity (Wildman–Crippen MR) is 74.4 cm³/mol. The zero-order valence-corrected chi connectivity index (χ0v) is 12.1. The summed E-state index contributed by atoms with van der Waals surface area (Å²) in [6.45, 7) is 4.22. The number of nitrogens with zero attached hydrogens (tertiary/aromatic N) is 2. The molecule has 7 heteroatoms. The molecule has 0 aliphatic carbocycles. The maximum Gasteiger partial charge on any atom is 0.337 e. The number of aryl methyl sites for hydroxylation is 1. The van der Waals surface area contributed by atoms with Crippen molar-refractivity contribution in [2.75, 3.05) is 11.9 Å². The Kier molecular flexibility index (Phi) is 4.16. The third-order valence-electron chi connectivity index (χ3n) is 2.34. The molecule has 100 valence electrons. The molecule has 1 amide bonds. The molecule has 2 rings (SSSR count). The molecule has 0 spiro atoms. The number of hydrogen-bond acceptors (Lipinski definition) is 4. The number of halogens is 1. The van der Waals surface area contributed by atoms with E-state index in [1.54, 1.807) is 6.07 Å². The van der Waals surface area contributed by atoms with E-state index in [0.29, 0.717) is 12.2 Å². The van der Waals surface area contributed by atoms with Gasteiger partial charge in [0.15, 0.2) is 0 Å². The van der Waals surface area contributed by atoms with E-state index in [4.69, 9.17) is 4.74 Å². The molecule has 0 radical (unpaired) electrons. The average molecular weight is 325 g/mol. The fourth-order valence-electron chi connectivity index (χ4n) is 1.48. The number of anilines is 1. The topological polar surface area (TPSA) is 79.9 Å². The Morgan fingerprint density at radius 1 is 1.53 bits per heavy atom. The number of ether oxygens (including phenoxy) is 1. The van der Waals surface area contributed by atoms with Crippen LogP contribution in [-0.4, -0.2) is 27.7 Å². The van der Waals surface area contributed by atoms with Gasteiger partial charge in [0.2, 0.25) is 5.95 Å². The number of rotatable bonds is 4. The Morgan fingerprint density at radius 2 is 2.32 bits per heavy atom. The molecule has 2 N–H and O–H groups in total. The van der Waals surface area contributed by atoms with Crippen LogP contribution >= 0.6 is 15.9 Å². The number of aromatic nitrogens is 3. The summed E-state index contributed by atoms with van der Waals surface area (Å²) < 4.78 is 5.82. The molecule has 0 bridgehead atoms. The number of nitrogens with one attached hydrogen (secondary N) is 2. The van der Waals surface area contributed by atoms with Crippen LogP contribution in [0.1, 0.15) is 22.8 Å². The average Bonchev–Trinajstić information content (AvgIpc) is 2.80. The van der Waals surface area contributed by atoms with Crippen molar-refractivity contribution in [3.8, 4) is 6.01 Å². The van der Waals surface area contributed by atoms with Gasteiger partial charge in [0.1, 0.15) is 0 Å². The lowest BCUT2D eigenvalue weighted by Gasteiger charge is -2.05. The van der Waals surface area contributed by atoms with Crippen LogP contribution in [0.4, 0.5) is 5.95 Å². The quantitative estimate of drug-likeness (QED) is 0.905. The summed E-state index contributed by atoms with van der Waals surface area (Å²) in [5, 5.41) is 9.03. The van der Waals surface area contributed by atoms with Crippen molar-refractivity contribution in [3.63, 3.8) is 0 Å². The summed E-state index contributed by atoms with van der Waals surface area (Å²) in [6.07, 6.45) is 0. The Morgan fingerprint density at radius 3 is 3.05 bits per heavy atom. The van der Waals surface area contributed by atoms with Gasteiger partial charge in [-0.25, -0.2) is 5.10 Å². The molecule has 0 atom stereocenters. The summed E-state index contributed by atoms with van der Waals surface area (Å²) in [5.41, 5.74) is 1.54. The number of carbonyl (C=O) groups excluding carboxylic acids is 1. The van der Waals surface area contributed by atoms with Crippen molar-refractivity contribution in [2.45, 2.75) is 13.8 Å². The van der Waals surface area contributed by atoms with Gasteiger partial charge in [0.05, 0.1) is 12.2 Å². The van der Waals surface area contributed by atoms with Gasteiger partial charge in [-0.1, -0.05) is 11.6 Å².